The molecule has 1 aliphatic heterocycles. The molecule has 0 amide bonds. The van der Waals surface area contributed by atoms with E-state index in [1.54, 1.807) is 0 Å². The van der Waals surface area contributed by atoms with Crippen LogP contribution in [0.2, 0.25) is 0 Å². The number of benzene rings is 1. The zero-order valence-corrected chi connectivity index (χ0v) is 13.2. The topological polar surface area (TPSA) is 12.5 Å². The Morgan fingerprint density at radius 3 is 3.06 bits per heavy atom. The second-order valence-corrected chi connectivity index (χ2v) is 6.46. The summed E-state index contributed by atoms with van der Waals surface area (Å²) in [6, 6.07) is 8.79. The molecule has 0 aromatic heterocycles. The van der Waals surface area contributed by atoms with Crippen LogP contribution >= 0.6 is 27.7 Å². The average molecular weight is 330 g/mol. The molecule has 0 bridgehead atoms. The molecular formula is C14H20BrNOS. The molecule has 0 aliphatic carbocycles. The Morgan fingerprint density at radius 1 is 1.39 bits per heavy atom. The maximum atomic E-state index is 5.49. The molecule has 1 aliphatic rings. The summed E-state index contributed by atoms with van der Waals surface area (Å²) in [4.78, 5) is 3.84. The van der Waals surface area contributed by atoms with Crippen LogP contribution in [0.5, 0.6) is 0 Å². The molecule has 18 heavy (non-hydrogen) atoms. The van der Waals surface area contributed by atoms with Crippen LogP contribution in [-0.2, 0) is 4.74 Å². The van der Waals surface area contributed by atoms with Gasteiger partial charge in [-0.05, 0) is 18.7 Å². The van der Waals surface area contributed by atoms with Crippen LogP contribution < -0.4 is 0 Å². The third kappa shape index (κ3) is 3.98. The van der Waals surface area contributed by atoms with Crippen molar-refractivity contribution in [1.29, 1.82) is 0 Å². The monoisotopic (exact) mass is 329 g/mol. The number of fused-ring (bicyclic) bond motifs is 1. The molecule has 0 fully saturated rings. The average Bonchev–Trinajstić information content (AvgIpc) is 2.78. The van der Waals surface area contributed by atoms with E-state index in [-0.39, 0.29) is 0 Å². The standard InChI is InChI=1S/C14H20BrNOS/c1-16(7-9-17-8-6-15)10-12-11-18-14-5-3-2-4-13(12)14/h2-5,12H,6-11H2,1H3. The van der Waals surface area contributed by atoms with E-state index in [4.69, 9.17) is 4.74 Å². The molecule has 1 aromatic rings. The first-order valence-corrected chi connectivity index (χ1v) is 8.46. The Hall–Kier alpha value is -0.0300. The van der Waals surface area contributed by atoms with E-state index in [0.717, 1.165) is 31.6 Å². The molecule has 1 unspecified atom stereocenters. The van der Waals surface area contributed by atoms with Crippen molar-refractivity contribution < 1.29 is 4.74 Å². The predicted octanol–water partition coefficient (Wildman–Crippen LogP) is 3.22. The Labute approximate surface area is 122 Å². The summed E-state index contributed by atoms with van der Waals surface area (Å²) in [7, 11) is 2.18. The van der Waals surface area contributed by atoms with Gasteiger partial charge in [0.2, 0.25) is 0 Å². The number of hydrogen-bond acceptors (Lipinski definition) is 3. The van der Waals surface area contributed by atoms with Crippen molar-refractivity contribution in [1.82, 2.24) is 4.90 Å². The summed E-state index contributed by atoms with van der Waals surface area (Å²) < 4.78 is 5.49. The third-order valence-corrected chi connectivity index (χ3v) is 4.75. The lowest BCUT2D eigenvalue weighted by Gasteiger charge is -2.21. The fourth-order valence-electron chi connectivity index (χ4n) is 2.22. The van der Waals surface area contributed by atoms with Gasteiger partial charge in [0.05, 0.1) is 13.2 Å². The van der Waals surface area contributed by atoms with E-state index in [1.165, 1.54) is 16.2 Å². The highest BCUT2D eigenvalue weighted by molar-refractivity contribution is 9.09. The molecule has 1 aromatic carbocycles. The zero-order valence-electron chi connectivity index (χ0n) is 10.8. The second-order valence-electron chi connectivity index (χ2n) is 4.61. The quantitative estimate of drug-likeness (QED) is 0.563. The largest absolute Gasteiger partial charge is 0.379 e. The zero-order chi connectivity index (χ0) is 12.8. The van der Waals surface area contributed by atoms with Gasteiger partial charge in [-0.25, -0.2) is 0 Å². The van der Waals surface area contributed by atoms with Crippen molar-refractivity contribution in [3.8, 4) is 0 Å². The van der Waals surface area contributed by atoms with Gasteiger partial charge >= 0.3 is 0 Å². The Balaban J connectivity index is 1.77. The minimum atomic E-state index is 0.673. The minimum absolute atomic E-state index is 0.673. The van der Waals surface area contributed by atoms with E-state index in [0.29, 0.717) is 5.92 Å². The summed E-state index contributed by atoms with van der Waals surface area (Å²) in [5, 5.41) is 0.920. The lowest BCUT2D eigenvalue weighted by atomic mass is 10.0. The van der Waals surface area contributed by atoms with Crippen LogP contribution in [0, 0.1) is 0 Å². The number of hydrogen-bond donors (Lipinski definition) is 0. The molecule has 2 nitrogen and oxygen atoms in total. The summed E-state index contributed by atoms with van der Waals surface area (Å²) in [6.45, 7) is 3.76. The molecular weight excluding hydrogens is 310 g/mol. The fourth-order valence-corrected chi connectivity index (χ4v) is 3.70. The number of halogens is 1. The van der Waals surface area contributed by atoms with Crippen LogP contribution in [0.15, 0.2) is 29.2 Å². The van der Waals surface area contributed by atoms with Crippen LogP contribution in [0.4, 0.5) is 0 Å². The SMILES string of the molecule is CN(CCOCCBr)CC1CSc2ccccc21. The lowest BCUT2D eigenvalue weighted by molar-refractivity contribution is 0.123. The summed E-state index contributed by atoms with van der Waals surface area (Å²) in [5.41, 5.74) is 1.52. The third-order valence-electron chi connectivity index (χ3n) is 3.17. The molecule has 4 heteroatoms. The van der Waals surface area contributed by atoms with E-state index in [9.17, 15) is 0 Å². The Kier molecular flexibility index (Phi) is 6.02. The Morgan fingerprint density at radius 2 is 2.22 bits per heavy atom. The van der Waals surface area contributed by atoms with E-state index < -0.39 is 0 Å². The summed E-state index contributed by atoms with van der Waals surface area (Å²) in [5.74, 6) is 1.89. The maximum Gasteiger partial charge on any atom is 0.0593 e. The first-order valence-electron chi connectivity index (χ1n) is 6.35. The lowest BCUT2D eigenvalue weighted by Crippen LogP contribution is -2.28. The summed E-state index contributed by atoms with van der Waals surface area (Å²) in [6.07, 6.45) is 0. The second kappa shape index (κ2) is 7.53. The number of alkyl halides is 1. The molecule has 0 radical (unpaired) electrons. The van der Waals surface area contributed by atoms with E-state index in [2.05, 4.69) is 52.1 Å². The van der Waals surface area contributed by atoms with Gasteiger partial charge in [-0.1, -0.05) is 34.1 Å². The van der Waals surface area contributed by atoms with Gasteiger partial charge < -0.3 is 9.64 Å². The van der Waals surface area contributed by atoms with Crippen LogP contribution in [0.25, 0.3) is 0 Å². The highest BCUT2D eigenvalue weighted by Gasteiger charge is 2.23. The van der Waals surface area contributed by atoms with Gasteiger partial charge in [-0.2, -0.15) is 0 Å². The van der Waals surface area contributed by atoms with Crippen molar-refractivity contribution in [2.24, 2.45) is 0 Å². The molecule has 0 N–H and O–H groups in total. The van der Waals surface area contributed by atoms with Gasteiger partial charge in [-0.3, -0.25) is 0 Å². The first-order chi connectivity index (χ1) is 8.81. The van der Waals surface area contributed by atoms with Gasteiger partial charge in [0, 0.05) is 35.0 Å². The normalized spacial score (nSPS) is 18.3. The molecule has 0 spiro atoms. The van der Waals surface area contributed by atoms with Crippen molar-refractivity contribution in [3.63, 3.8) is 0 Å². The Bertz CT molecular complexity index is 375. The van der Waals surface area contributed by atoms with Gasteiger partial charge in [0.25, 0.3) is 0 Å². The molecule has 2 rings (SSSR count). The van der Waals surface area contributed by atoms with Crippen LogP contribution in [0.1, 0.15) is 11.5 Å². The van der Waals surface area contributed by atoms with Crippen LogP contribution in [0.3, 0.4) is 0 Å². The molecule has 1 atom stereocenters. The molecule has 0 saturated heterocycles. The smallest absolute Gasteiger partial charge is 0.0593 e. The number of rotatable bonds is 7. The van der Waals surface area contributed by atoms with Crippen molar-refractivity contribution >= 4 is 27.7 Å². The molecule has 0 saturated carbocycles. The molecule has 1 heterocycles. The highest BCUT2D eigenvalue weighted by Crippen LogP contribution is 2.39. The fraction of sp³-hybridized carbons (Fsp3) is 0.571. The van der Waals surface area contributed by atoms with E-state index in [1.807, 2.05) is 11.8 Å². The van der Waals surface area contributed by atoms with Gasteiger partial charge in [0.15, 0.2) is 0 Å². The number of likely N-dealkylation sites (N-methyl/N-ethyl adjacent to an activating group) is 1. The van der Waals surface area contributed by atoms with Crippen molar-refractivity contribution in [2.45, 2.75) is 10.8 Å². The van der Waals surface area contributed by atoms with E-state index >= 15 is 0 Å². The van der Waals surface area contributed by atoms with Crippen molar-refractivity contribution in [3.05, 3.63) is 29.8 Å². The molecule has 100 valence electrons. The number of ether oxygens (including phenoxy) is 1. The predicted molar refractivity (Wildman–Crippen MR) is 82.0 cm³/mol. The minimum Gasteiger partial charge on any atom is -0.379 e. The van der Waals surface area contributed by atoms with Gasteiger partial charge in [0.1, 0.15) is 0 Å². The number of thioether (sulfide) groups is 1. The maximum absolute atomic E-state index is 5.49. The van der Waals surface area contributed by atoms with Gasteiger partial charge in [-0.15, -0.1) is 11.8 Å². The highest BCUT2D eigenvalue weighted by atomic mass is 79.9. The first kappa shape index (κ1) is 14.4. The number of nitrogens with zero attached hydrogens (tertiary/aromatic N) is 1. The van der Waals surface area contributed by atoms with Crippen molar-refractivity contribution in [2.75, 3.05) is 44.4 Å². The van der Waals surface area contributed by atoms with Crippen LogP contribution in [-0.4, -0.2) is 49.3 Å². The summed E-state index contributed by atoms with van der Waals surface area (Å²) >= 11 is 5.35.